The number of ether oxygens (including phenoxy) is 1. The number of guanidine groups is 1. The summed E-state index contributed by atoms with van der Waals surface area (Å²) in [5, 5.41) is 10.7. The quantitative estimate of drug-likeness (QED) is 0.555. The average molecular weight is 337 g/mol. The van der Waals surface area contributed by atoms with Gasteiger partial charge in [-0.1, -0.05) is 5.16 Å². The molecule has 136 valence electrons. The third-order valence-corrected chi connectivity index (χ3v) is 4.02. The van der Waals surface area contributed by atoms with Crippen molar-refractivity contribution in [2.75, 3.05) is 32.8 Å². The van der Waals surface area contributed by atoms with E-state index in [1.807, 2.05) is 6.07 Å². The topological polar surface area (TPSA) is 74.9 Å². The van der Waals surface area contributed by atoms with Crippen molar-refractivity contribution in [1.82, 2.24) is 20.7 Å². The van der Waals surface area contributed by atoms with E-state index in [9.17, 15) is 0 Å². The van der Waals surface area contributed by atoms with Crippen LogP contribution in [0.1, 0.15) is 39.3 Å². The van der Waals surface area contributed by atoms with Crippen molar-refractivity contribution in [1.29, 1.82) is 0 Å². The molecule has 0 aromatic carbocycles. The normalized spacial score (nSPS) is 17.4. The van der Waals surface area contributed by atoms with Crippen LogP contribution in [0.5, 0.6) is 0 Å². The Bertz CT molecular complexity index is 467. The second-order valence-electron chi connectivity index (χ2n) is 6.37. The smallest absolute Gasteiger partial charge is 0.191 e. The molecule has 2 N–H and O–H groups in total. The van der Waals surface area contributed by atoms with E-state index in [1.54, 1.807) is 6.26 Å². The van der Waals surface area contributed by atoms with Crippen molar-refractivity contribution in [3.05, 3.63) is 18.0 Å². The van der Waals surface area contributed by atoms with Crippen molar-refractivity contribution in [2.24, 2.45) is 4.99 Å². The fourth-order valence-corrected chi connectivity index (χ4v) is 2.71. The lowest BCUT2D eigenvalue weighted by Gasteiger charge is -2.33. The summed E-state index contributed by atoms with van der Waals surface area (Å²) in [6, 6.07) is 2.30. The first-order valence-corrected chi connectivity index (χ1v) is 8.95. The predicted octanol–water partition coefficient (Wildman–Crippen LogP) is 1.62. The van der Waals surface area contributed by atoms with Crippen LogP contribution < -0.4 is 10.6 Å². The van der Waals surface area contributed by atoms with Gasteiger partial charge in [0.15, 0.2) is 5.96 Å². The molecule has 1 aliphatic rings. The molecule has 1 aliphatic heterocycles. The van der Waals surface area contributed by atoms with Gasteiger partial charge in [-0.2, -0.15) is 0 Å². The summed E-state index contributed by atoms with van der Waals surface area (Å²) < 4.78 is 10.5. The van der Waals surface area contributed by atoms with E-state index in [1.165, 1.54) is 0 Å². The number of hydrogen-bond acceptors (Lipinski definition) is 5. The van der Waals surface area contributed by atoms with Crippen LogP contribution in [-0.4, -0.2) is 60.9 Å². The highest BCUT2D eigenvalue weighted by molar-refractivity contribution is 5.80. The third-order valence-electron chi connectivity index (χ3n) is 4.02. The Hall–Kier alpha value is -1.60. The Morgan fingerprint density at radius 1 is 1.46 bits per heavy atom. The summed E-state index contributed by atoms with van der Waals surface area (Å²) in [4.78, 5) is 7.05. The number of likely N-dealkylation sites (tertiary alicyclic amines) is 1. The molecule has 2 heterocycles. The molecule has 0 saturated carbocycles. The van der Waals surface area contributed by atoms with Crippen LogP contribution in [0.3, 0.4) is 0 Å². The largest absolute Gasteiger partial charge is 0.377 e. The van der Waals surface area contributed by atoms with Crippen LogP contribution in [-0.2, 0) is 11.3 Å². The Labute approximate surface area is 144 Å². The highest BCUT2D eigenvalue weighted by Gasteiger charge is 2.19. The van der Waals surface area contributed by atoms with Gasteiger partial charge in [-0.25, -0.2) is 4.99 Å². The van der Waals surface area contributed by atoms with Gasteiger partial charge in [0, 0.05) is 38.3 Å². The standard InChI is InChI=1S/C17H31N5O2/c1-4-18-17(19-13-16-7-11-24-21-16)20-15-5-8-22(9-6-15)10-12-23-14(2)3/h7,11,14-15H,4-6,8-10,12-13H2,1-3H3,(H2,18,19,20). The molecule has 2 rings (SSSR count). The van der Waals surface area contributed by atoms with Crippen molar-refractivity contribution in [2.45, 2.75) is 52.3 Å². The van der Waals surface area contributed by atoms with Crippen LogP contribution in [0.15, 0.2) is 21.8 Å². The number of piperidine rings is 1. The monoisotopic (exact) mass is 337 g/mol. The lowest BCUT2D eigenvalue weighted by atomic mass is 10.1. The Morgan fingerprint density at radius 2 is 2.25 bits per heavy atom. The minimum atomic E-state index is 0.313. The molecule has 0 amide bonds. The minimum absolute atomic E-state index is 0.313. The van der Waals surface area contributed by atoms with Crippen molar-refractivity contribution in [3.8, 4) is 0 Å². The number of aliphatic imine (C=N–C) groups is 1. The van der Waals surface area contributed by atoms with E-state index >= 15 is 0 Å². The summed E-state index contributed by atoms with van der Waals surface area (Å²) >= 11 is 0. The van der Waals surface area contributed by atoms with E-state index in [2.05, 4.69) is 46.5 Å². The molecule has 1 fully saturated rings. The van der Waals surface area contributed by atoms with Crippen LogP contribution >= 0.6 is 0 Å². The van der Waals surface area contributed by atoms with E-state index in [4.69, 9.17) is 9.26 Å². The molecule has 7 heteroatoms. The Balaban J connectivity index is 1.72. The van der Waals surface area contributed by atoms with Gasteiger partial charge >= 0.3 is 0 Å². The summed E-state index contributed by atoms with van der Waals surface area (Å²) in [5.74, 6) is 0.849. The van der Waals surface area contributed by atoms with Crippen LogP contribution in [0.4, 0.5) is 0 Å². The zero-order valence-corrected chi connectivity index (χ0v) is 15.1. The zero-order valence-electron chi connectivity index (χ0n) is 15.1. The molecule has 0 aliphatic carbocycles. The van der Waals surface area contributed by atoms with Crippen molar-refractivity contribution >= 4 is 5.96 Å². The van der Waals surface area contributed by atoms with E-state index in [0.29, 0.717) is 18.7 Å². The number of aromatic nitrogens is 1. The van der Waals surface area contributed by atoms with Gasteiger partial charge in [-0.05, 0) is 33.6 Å². The summed E-state index contributed by atoms with van der Waals surface area (Å²) in [6.07, 6.45) is 4.13. The molecular formula is C17H31N5O2. The van der Waals surface area contributed by atoms with Crippen LogP contribution in [0.2, 0.25) is 0 Å². The average Bonchev–Trinajstić information content (AvgIpc) is 3.07. The molecule has 0 atom stereocenters. The van der Waals surface area contributed by atoms with E-state index < -0.39 is 0 Å². The van der Waals surface area contributed by atoms with Gasteiger partial charge in [-0.15, -0.1) is 0 Å². The number of nitrogens with zero attached hydrogens (tertiary/aromatic N) is 3. The molecule has 7 nitrogen and oxygen atoms in total. The molecule has 1 saturated heterocycles. The minimum Gasteiger partial charge on any atom is -0.377 e. The maximum absolute atomic E-state index is 5.64. The van der Waals surface area contributed by atoms with Gasteiger partial charge in [0.05, 0.1) is 19.3 Å². The van der Waals surface area contributed by atoms with Crippen LogP contribution in [0.25, 0.3) is 0 Å². The maximum atomic E-state index is 5.64. The molecular weight excluding hydrogens is 306 g/mol. The molecule has 0 spiro atoms. The highest BCUT2D eigenvalue weighted by atomic mass is 16.5. The van der Waals surface area contributed by atoms with Gasteiger partial charge in [-0.3, -0.25) is 0 Å². The van der Waals surface area contributed by atoms with Crippen molar-refractivity contribution < 1.29 is 9.26 Å². The summed E-state index contributed by atoms with van der Waals surface area (Å²) in [6.45, 7) is 11.6. The number of nitrogens with one attached hydrogen (secondary N) is 2. The fourth-order valence-electron chi connectivity index (χ4n) is 2.71. The number of hydrogen-bond donors (Lipinski definition) is 2. The molecule has 0 radical (unpaired) electrons. The lowest BCUT2D eigenvalue weighted by Crippen LogP contribution is -2.49. The number of rotatable bonds is 8. The van der Waals surface area contributed by atoms with Gasteiger partial charge in [0.25, 0.3) is 0 Å². The summed E-state index contributed by atoms with van der Waals surface area (Å²) in [5.41, 5.74) is 0.840. The predicted molar refractivity (Wildman–Crippen MR) is 95.0 cm³/mol. The summed E-state index contributed by atoms with van der Waals surface area (Å²) in [7, 11) is 0. The van der Waals surface area contributed by atoms with E-state index in [-0.39, 0.29) is 0 Å². The van der Waals surface area contributed by atoms with Crippen molar-refractivity contribution in [3.63, 3.8) is 0 Å². The van der Waals surface area contributed by atoms with Crippen LogP contribution in [0, 0.1) is 0 Å². The lowest BCUT2D eigenvalue weighted by molar-refractivity contribution is 0.0532. The molecule has 1 aromatic heterocycles. The van der Waals surface area contributed by atoms with Gasteiger partial charge in [0.2, 0.25) is 0 Å². The van der Waals surface area contributed by atoms with Gasteiger partial charge < -0.3 is 24.8 Å². The fraction of sp³-hybridized carbons (Fsp3) is 0.765. The molecule has 0 bridgehead atoms. The molecule has 1 aromatic rings. The van der Waals surface area contributed by atoms with Gasteiger partial charge in [0.1, 0.15) is 12.0 Å². The second-order valence-corrected chi connectivity index (χ2v) is 6.37. The molecule has 0 unspecified atom stereocenters. The highest BCUT2D eigenvalue weighted by Crippen LogP contribution is 2.10. The first-order valence-electron chi connectivity index (χ1n) is 8.95. The second kappa shape index (κ2) is 10.3. The Kier molecular flexibility index (Phi) is 8.04. The first-order chi connectivity index (χ1) is 11.7. The SMILES string of the molecule is CCNC(=NCc1ccon1)NC1CCN(CCOC(C)C)CC1. The van der Waals surface area contributed by atoms with E-state index in [0.717, 1.165) is 57.3 Å². The molecule has 24 heavy (non-hydrogen) atoms. The zero-order chi connectivity index (χ0) is 17.2. The third kappa shape index (κ3) is 6.88. The first kappa shape index (κ1) is 18.7. The Morgan fingerprint density at radius 3 is 2.88 bits per heavy atom. The maximum Gasteiger partial charge on any atom is 0.191 e.